The van der Waals surface area contributed by atoms with Gasteiger partial charge in [-0.1, -0.05) is 19.4 Å². The first-order valence-electron chi connectivity index (χ1n) is 6.92. The van der Waals surface area contributed by atoms with Crippen molar-refractivity contribution in [2.75, 3.05) is 32.1 Å². The number of hydrogen-bond acceptors (Lipinski definition) is 5. The lowest BCUT2D eigenvalue weighted by molar-refractivity contribution is -0.384. The number of rotatable bonds is 8. The van der Waals surface area contributed by atoms with Crippen LogP contribution in [-0.2, 0) is 0 Å². The Bertz CT molecular complexity index is 505. The summed E-state index contributed by atoms with van der Waals surface area (Å²) >= 11 is 0. The molecule has 2 N–H and O–H groups in total. The van der Waals surface area contributed by atoms with Crippen molar-refractivity contribution < 1.29 is 14.8 Å². The summed E-state index contributed by atoms with van der Waals surface area (Å²) in [5, 5.41) is 23.0. The predicted molar refractivity (Wildman–Crippen MR) is 80.5 cm³/mol. The van der Waals surface area contributed by atoms with Crippen LogP contribution in [0.3, 0.4) is 0 Å². The number of nitrogens with one attached hydrogen (secondary N) is 1. The lowest BCUT2D eigenvalue weighted by atomic mass is 10.1. The highest BCUT2D eigenvalue weighted by molar-refractivity contribution is 6.00. The van der Waals surface area contributed by atoms with E-state index < -0.39 is 10.8 Å². The zero-order valence-corrected chi connectivity index (χ0v) is 12.3. The third-order valence-electron chi connectivity index (χ3n) is 3.16. The largest absolute Gasteiger partial charge is 0.395 e. The van der Waals surface area contributed by atoms with Gasteiger partial charge in [0.15, 0.2) is 0 Å². The summed E-state index contributed by atoms with van der Waals surface area (Å²) in [5.41, 5.74) is 0.103. The molecule has 0 aliphatic carbocycles. The van der Waals surface area contributed by atoms with Crippen LogP contribution in [0.25, 0.3) is 0 Å². The van der Waals surface area contributed by atoms with Gasteiger partial charge in [-0.2, -0.15) is 0 Å². The molecule has 7 nitrogen and oxygen atoms in total. The van der Waals surface area contributed by atoms with Crippen LogP contribution in [0.2, 0.25) is 0 Å². The van der Waals surface area contributed by atoms with E-state index in [0.717, 1.165) is 12.8 Å². The Kier molecular flexibility index (Phi) is 6.61. The van der Waals surface area contributed by atoms with Crippen LogP contribution in [0, 0.1) is 10.1 Å². The summed E-state index contributed by atoms with van der Waals surface area (Å²) < 4.78 is 0. The molecule has 0 saturated heterocycles. The van der Waals surface area contributed by atoms with E-state index in [1.807, 2.05) is 6.92 Å². The molecule has 1 rings (SSSR count). The van der Waals surface area contributed by atoms with E-state index in [4.69, 9.17) is 5.11 Å². The highest BCUT2D eigenvalue weighted by Gasteiger charge is 2.27. The van der Waals surface area contributed by atoms with Gasteiger partial charge in [-0.15, -0.1) is 0 Å². The molecule has 21 heavy (non-hydrogen) atoms. The number of aliphatic hydroxyl groups excluding tert-OH is 1. The second-order valence-electron chi connectivity index (χ2n) is 4.58. The van der Waals surface area contributed by atoms with Crippen molar-refractivity contribution in [2.45, 2.75) is 19.8 Å². The van der Waals surface area contributed by atoms with Crippen LogP contribution < -0.4 is 5.32 Å². The number of nitrogens with zero attached hydrogens (tertiary/aromatic N) is 2. The number of amides is 1. The van der Waals surface area contributed by atoms with Crippen molar-refractivity contribution >= 4 is 17.3 Å². The number of unbranched alkanes of at least 4 members (excludes halogenated alkanes) is 1. The first-order chi connectivity index (χ1) is 10.1. The van der Waals surface area contributed by atoms with E-state index >= 15 is 0 Å². The average molecular weight is 295 g/mol. The van der Waals surface area contributed by atoms with Gasteiger partial charge in [0.25, 0.3) is 5.91 Å². The van der Waals surface area contributed by atoms with Gasteiger partial charge in [-0.05, 0) is 18.6 Å². The first-order valence-corrected chi connectivity index (χ1v) is 6.92. The Morgan fingerprint density at radius 2 is 2.14 bits per heavy atom. The predicted octanol–water partition coefficient (Wildman–Crippen LogP) is 1.87. The SMILES string of the molecule is CCCCN(CCO)C(=O)c1cccc(NC)c1[N+](=O)[O-]. The first kappa shape index (κ1) is 16.9. The maximum Gasteiger partial charge on any atom is 0.305 e. The number of carbonyl (C=O) groups excluding carboxylic acids is 1. The summed E-state index contributed by atoms with van der Waals surface area (Å²) in [7, 11) is 1.57. The minimum absolute atomic E-state index is 0.0383. The number of hydrogen-bond donors (Lipinski definition) is 2. The molecule has 0 unspecified atom stereocenters. The van der Waals surface area contributed by atoms with Crippen molar-refractivity contribution in [1.29, 1.82) is 0 Å². The Labute approximate surface area is 123 Å². The van der Waals surface area contributed by atoms with E-state index in [2.05, 4.69) is 5.32 Å². The number of anilines is 1. The second-order valence-corrected chi connectivity index (χ2v) is 4.58. The van der Waals surface area contributed by atoms with Gasteiger partial charge in [-0.25, -0.2) is 0 Å². The highest BCUT2D eigenvalue weighted by Crippen LogP contribution is 2.29. The van der Waals surface area contributed by atoms with E-state index in [-0.39, 0.29) is 24.4 Å². The molecule has 116 valence electrons. The Balaban J connectivity index is 3.17. The summed E-state index contributed by atoms with van der Waals surface area (Å²) in [6, 6.07) is 4.60. The smallest absolute Gasteiger partial charge is 0.305 e. The van der Waals surface area contributed by atoms with Crippen LogP contribution in [0.4, 0.5) is 11.4 Å². The van der Waals surface area contributed by atoms with E-state index in [0.29, 0.717) is 12.2 Å². The van der Waals surface area contributed by atoms with Gasteiger partial charge in [0.05, 0.1) is 11.5 Å². The molecule has 1 aromatic carbocycles. The van der Waals surface area contributed by atoms with E-state index in [1.165, 1.54) is 11.0 Å². The quantitative estimate of drug-likeness (QED) is 0.564. The van der Waals surface area contributed by atoms with Gasteiger partial charge in [0, 0.05) is 20.1 Å². The topological polar surface area (TPSA) is 95.7 Å². The van der Waals surface area contributed by atoms with Crippen molar-refractivity contribution in [3.8, 4) is 0 Å². The second kappa shape index (κ2) is 8.21. The summed E-state index contributed by atoms with van der Waals surface area (Å²) in [5.74, 6) is -0.429. The molecular formula is C14H21N3O4. The zero-order valence-electron chi connectivity index (χ0n) is 12.3. The molecule has 0 radical (unpaired) electrons. The lowest BCUT2D eigenvalue weighted by Gasteiger charge is -2.21. The summed E-state index contributed by atoms with van der Waals surface area (Å²) in [4.78, 5) is 24.7. The molecular weight excluding hydrogens is 274 g/mol. The van der Waals surface area contributed by atoms with Gasteiger partial charge >= 0.3 is 5.69 Å². The van der Waals surface area contributed by atoms with Crippen molar-refractivity contribution in [3.63, 3.8) is 0 Å². The minimum atomic E-state index is -0.560. The Morgan fingerprint density at radius 3 is 2.67 bits per heavy atom. The lowest BCUT2D eigenvalue weighted by Crippen LogP contribution is -2.34. The number of para-hydroxylation sites is 1. The molecule has 0 heterocycles. The minimum Gasteiger partial charge on any atom is -0.395 e. The molecule has 0 fully saturated rings. The summed E-state index contributed by atoms with van der Waals surface area (Å²) in [6.45, 7) is 2.46. The third kappa shape index (κ3) is 4.16. The van der Waals surface area contributed by atoms with Crippen LogP contribution >= 0.6 is 0 Å². The maximum absolute atomic E-state index is 12.5. The Hall–Kier alpha value is -2.15. The van der Waals surface area contributed by atoms with Gasteiger partial charge in [0.2, 0.25) is 0 Å². The fraction of sp³-hybridized carbons (Fsp3) is 0.500. The van der Waals surface area contributed by atoms with Crippen LogP contribution in [0.15, 0.2) is 18.2 Å². The zero-order chi connectivity index (χ0) is 15.8. The normalized spacial score (nSPS) is 10.2. The molecule has 7 heteroatoms. The van der Waals surface area contributed by atoms with Crippen LogP contribution in [0.1, 0.15) is 30.1 Å². The maximum atomic E-state index is 12.5. The average Bonchev–Trinajstić information content (AvgIpc) is 2.49. The molecule has 0 aliphatic rings. The number of nitro benzene ring substituents is 1. The van der Waals surface area contributed by atoms with Gasteiger partial charge < -0.3 is 15.3 Å². The number of benzene rings is 1. The summed E-state index contributed by atoms with van der Waals surface area (Å²) in [6.07, 6.45) is 1.68. The standard InChI is InChI=1S/C14H21N3O4/c1-3-4-8-16(9-10-18)14(19)11-6-5-7-12(15-2)13(11)17(20)21/h5-7,15,18H,3-4,8-10H2,1-2H3. The van der Waals surface area contributed by atoms with Gasteiger partial charge in [-0.3, -0.25) is 14.9 Å². The highest BCUT2D eigenvalue weighted by atomic mass is 16.6. The molecule has 0 aliphatic heterocycles. The van der Waals surface area contributed by atoms with Crippen molar-refractivity contribution in [1.82, 2.24) is 4.90 Å². The van der Waals surface area contributed by atoms with Crippen LogP contribution in [-0.4, -0.2) is 47.6 Å². The Morgan fingerprint density at radius 1 is 1.43 bits per heavy atom. The monoisotopic (exact) mass is 295 g/mol. The fourth-order valence-electron chi connectivity index (χ4n) is 2.07. The van der Waals surface area contributed by atoms with Crippen LogP contribution in [0.5, 0.6) is 0 Å². The molecule has 0 saturated carbocycles. The van der Waals surface area contributed by atoms with E-state index in [9.17, 15) is 14.9 Å². The van der Waals surface area contributed by atoms with Crippen molar-refractivity contribution in [2.24, 2.45) is 0 Å². The third-order valence-corrected chi connectivity index (χ3v) is 3.16. The number of carbonyl (C=O) groups is 1. The molecule has 1 aromatic rings. The molecule has 0 aromatic heterocycles. The van der Waals surface area contributed by atoms with Crippen molar-refractivity contribution in [3.05, 3.63) is 33.9 Å². The fourth-order valence-corrected chi connectivity index (χ4v) is 2.07. The molecule has 0 spiro atoms. The van der Waals surface area contributed by atoms with E-state index in [1.54, 1.807) is 19.2 Å². The van der Waals surface area contributed by atoms with Gasteiger partial charge in [0.1, 0.15) is 11.3 Å². The number of nitro groups is 1. The molecule has 0 atom stereocenters. The number of aliphatic hydroxyl groups is 1. The molecule has 1 amide bonds. The molecule has 0 bridgehead atoms.